The first-order valence-corrected chi connectivity index (χ1v) is 5.30. The van der Waals surface area contributed by atoms with Crippen molar-refractivity contribution >= 4 is 5.78 Å². The van der Waals surface area contributed by atoms with Crippen molar-refractivity contribution in [3.05, 3.63) is 0 Å². The summed E-state index contributed by atoms with van der Waals surface area (Å²) in [7, 11) is 0. The molecule has 0 aromatic rings. The van der Waals surface area contributed by atoms with Gasteiger partial charge in [0.15, 0.2) is 0 Å². The van der Waals surface area contributed by atoms with E-state index in [2.05, 4.69) is 13.8 Å². The highest BCUT2D eigenvalue weighted by atomic mass is 16.1. The van der Waals surface area contributed by atoms with Gasteiger partial charge >= 0.3 is 0 Å². The Balaban J connectivity index is 2.20. The molecule has 1 heteroatoms. The summed E-state index contributed by atoms with van der Waals surface area (Å²) in [5.41, 5.74) is 0. The number of ketones is 1. The van der Waals surface area contributed by atoms with Crippen LogP contribution in [0.4, 0.5) is 0 Å². The van der Waals surface area contributed by atoms with Crippen LogP contribution in [-0.2, 0) is 4.79 Å². The third-order valence-corrected chi connectivity index (χ3v) is 2.80. The van der Waals surface area contributed by atoms with Crippen LogP contribution in [-0.4, -0.2) is 5.78 Å². The molecule has 0 bridgehead atoms. The highest BCUT2D eigenvalue weighted by Gasteiger charge is 2.30. The fourth-order valence-electron chi connectivity index (χ4n) is 1.72. The van der Waals surface area contributed by atoms with Crippen LogP contribution in [0, 0.1) is 11.8 Å². The second kappa shape index (κ2) is 4.64. The second-order valence-electron chi connectivity index (χ2n) is 4.01. The summed E-state index contributed by atoms with van der Waals surface area (Å²) in [6.45, 7) is 4.39. The molecule has 1 saturated carbocycles. The molecule has 0 aromatic heterocycles. The first-order valence-electron chi connectivity index (χ1n) is 5.30. The van der Waals surface area contributed by atoms with Gasteiger partial charge in [-0.3, -0.25) is 4.79 Å². The first-order chi connectivity index (χ1) is 5.77. The Bertz CT molecular complexity index is 147. The molecule has 0 heterocycles. The number of hydrogen-bond donors (Lipinski definition) is 0. The summed E-state index contributed by atoms with van der Waals surface area (Å²) < 4.78 is 0. The molecule has 0 radical (unpaired) electrons. The second-order valence-corrected chi connectivity index (χ2v) is 4.01. The molecule has 1 nitrogen and oxygen atoms in total. The van der Waals surface area contributed by atoms with Gasteiger partial charge in [0, 0.05) is 12.3 Å². The van der Waals surface area contributed by atoms with Gasteiger partial charge in [-0.1, -0.05) is 33.1 Å². The Morgan fingerprint density at radius 3 is 2.50 bits per heavy atom. The van der Waals surface area contributed by atoms with Crippen LogP contribution in [0.1, 0.15) is 52.4 Å². The van der Waals surface area contributed by atoms with Crippen molar-refractivity contribution in [3.8, 4) is 0 Å². The van der Waals surface area contributed by atoms with E-state index in [1.807, 2.05) is 0 Å². The van der Waals surface area contributed by atoms with Gasteiger partial charge in [-0.25, -0.2) is 0 Å². The van der Waals surface area contributed by atoms with E-state index in [0.717, 1.165) is 6.42 Å². The fraction of sp³-hybridized carbons (Fsp3) is 0.909. The summed E-state index contributed by atoms with van der Waals surface area (Å²) in [4.78, 5) is 11.4. The van der Waals surface area contributed by atoms with Crippen LogP contribution in [0.15, 0.2) is 0 Å². The van der Waals surface area contributed by atoms with E-state index >= 15 is 0 Å². The van der Waals surface area contributed by atoms with Crippen LogP contribution >= 0.6 is 0 Å². The lowest BCUT2D eigenvalue weighted by Gasteiger charge is -2.11. The van der Waals surface area contributed by atoms with Gasteiger partial charge < -0.3 is 0 Å². The molecule has 1 rings (SSSR count). The van der Waals surface area contributed by atoms with Crippen LogP contribution in [0.3, 0.4) is 0 Å². The highest BCUT2D eigenvalue weighted by Crippen LogP contribution is 2.33. The number of hydrogen-bond acceptors (Lipinski definition) is 1. The zero-order valence-electron chi connectivity index (χ0n) is 8.31. The zero-order chi connectivity index (χ0) is 8.97. The van der Waals surface area contributed by atoms with E-state index in [1.165, 1.54) is 32.1 Å². The SMILES string of the molecule is CCCC(CC)CC(=O)C1CC1. The molecule has 0 aromatic carbocycles. The average molecular weight is 168 g/mol. The van der Waals surface area contributed by atoms with Crippen molar-refractivity contribution in [1.29, 1.82) is 0 Å². The lowest BCUT2D eigenvalue weighted by molar-refractivity contribution is -0.121. The quantitative estimate of drug-likeness (QED) is 0.595. The molecule has 70 valence electrons. The summed E-state index contributed by atoms with van der Waals surface area (Å²) in [5.74, 6) is 1.68. The van der Waals surface area contributed by atoms with Crippen LogP contribution in [0.25, 0.3) is 0 Å². The predicted octanol–water partition coefficient (Wildman–Crippen LogP) is 3.18. The van der Waals surface area contributed by atoms with Crippen LogP contribution in [0.5, 0.6) is 0 Å². The van der Waals surface area contributed by atoms with Gasteiger partial charge in [-0.05, 0) is 18.8 Å². The molecule has 1 aliphatic rings. The molecule has 0 spiro atoms. The minimum atomic E-state index is 0.468. The van der Waals surface area contributed by atoms with E-state index in [4.69, 9.17) is 0 Å². The molecule has 0 saturated heterocycles. The van der Waals surface area contributed by atoms with Crippen molar-refractivity contribution in [3.63, 3.8) is 0 Å². The number of rotatable bonds is 6. The molecule has 1 fully saturated rings. The number of carbonyl (C=O) groups is 1. The lowest BCUT2D eigenvalue weighted by atomic mass is 9.93. The van der Waals surface area contributed by atoms with Gasteiger partial charge in [-0.2, -0.15) is 0 Å². The minimum Gasteiger partial charge on any atom is -0.299 e. The lowest BCUT2D eigenvalue weighted by Crippen LogP contribution is -2.09. The third-order valence-electron chi connectivity index (χ3n) is 2.80. The van der Waals surface area contributed by atoms with E-state index < -0.39 is 0 Å². The van der Waals surface area contributed by atoms with E-state index in [0.29, 0.717) is 17.6 Å². The highest BCUT2D eigenvalue weighted by molar-refractivity contribution is 5.83. The predicted molar refractivity (Wildman–Crippen MR) is 51.0 cm³/mol. The maximum absolute atomic E-state index is 11.4. The zero-order valence-corrected chi connectivity index (χ0v) is 8.31. The summed E-state index contributed by atoms with van der Waals surface area (Å²) in [5, 5.41) is 0. The smallest absolute Gasteiger partial charge is 0.136 e. The first kappa shape index (κ1) is 9.76. The fourth-order valence-corrected chi connectivity index (χ4v) is 1.72. The maximum Gasteiger partial charge on any atom is 0.136 e. The maximum atomic E-state index is 11.4. The van der Waals surface area contributed by atoms with E-state index in [9.17, 15) is 4.79 Å². The Morgan fingerprint density at radius 2 is 2.08 bits per heavy atom. The molecule has 0 aliphatic heterocycles. The molecular weight excluding hydrogens is 148 g/mol. The standard InChI is InChI=1S/C11H20O/c1-3-5-9(4-2)8-11(12)10-6-7-10/h9-10H,3-8H2,1-2H3. The summed E-state index contributed by atoms with van der Waals surface area (Å²) in [6.07, 6.45) is 6.81. The molecular formula is C11H20O. The summed E-state index contributed by atoms with van der Waals surface area (Å²) in [6, 6.07) is 0. The van der Waals surface area contributed by atoms with Gasteiger partial charge in [0.05, 0.1) is 0 Å². The van der Waals surface area contributed by atoms with Crippen molar-refractivity contribution in [2.75, 3.05) is 0 Å². The van der Waals surface area contributed by atoms with Crippen LogP contribution < -0.4 is 0 Å². The number of carbonyl (C=O) groups excluding carboxylic acids is 1. The Morgan fingerprint density at radius 1 is 1.42 bits per heavy atom. The van der Waals surface area contributed by atoms with Crippen molar-refractivity contribution in [2.24, 2.45) is 11.8 Å². The average Bonchev–Trinajstić information content (AvgIpc) is 2.85. The normalized spacial score (nSPS) is 19.2. The molecule has 0 amide bonds. The van der Waals surface area contributed by atoms with Gasteiger partial charge in [-0.15, -0.1) is 0 Å². The van der Waals surface area contributed by atoms with E-state index in [-0.39, 0.29) is 0 Å². The van der Waals surface area contributed by atoms with E-state index in [1.54, 1.807) is 0 Å². The molecule has 1 atom stereocenters. The monoisotopic (exact) mass is 168 g/mol. The summed E-state index contributed by atoms with van der Waals surface area (Å²) >= 11 is 0. The molecule has 12 heavy (non-hydrogen) atoms. The Labute approximate surface area is 75.5 Å². The van der Waals surface area contributed by atoms with Gasteiger partial charge in [0.25, 0.3) is 0 Å². The molecule has 1 aliphatic carbocycles. The third kappa shape index (κ3) is 2.96. The molecule has 1 unspecified atom stereocenters. The molecule has 0 N–H and O–H groups in total. The Kier molecular flexibility index (Phi) is 3.77. The number of Topliss-reactive ketones (excluding diaryl/α,β-unsaturated/α-hetero) is 1. The van der Waals surface area contributed by atoms with Crippen LogP contribution in [0.2, 0.25) is 0 Å². The minimum absolute atomic E-state index is 0.468. The topological polar surface area (TPSA) is 17.1 Å². The largest absolute Gasteiger partial charge is 0.299 e. The van der Waals surface area contributed by atoms with Gasteiger partial charge in [0.1, 0.15) is 5.78 Å². The van der Waals surface area contributed by atoms with Crippen molar-refractivity contribution < 1.29 is 4.79 Å². The van der Waals surface area contributed by atoms with Gasteiger partial charge in [0.2, 0.25) is 0 Å². The van der Waals surface area contributed by atoms with Crippen molar-refractivity contribution in [2.45, 2.75) is 52.4 Å². The van der Waals surface area contributed by atoms with Crippen molar-refractivity contribution in [1.82, 2.24) is 0 Å². The Hall–Kier alpha value is -0.330.